The van der Waals surface area contributed by atoms with E-state index in [9.17, 15) is 13.6 Å². The monoisotopic (exact) mass is 323 g/mol. The molecule has 0 atom stereocenters. The Kier molecular flexibility index (Phi) is 8.74. The van der Waals surface area contributed by atoms with E-state index < -0.39 is 23.1 Å². The van der Waals surface area contributed by atoms with Gasteiger partial charge in [0.15, 0.2) is 11.6 Å². The summed E-state index contributed by atoms with van der Waals surface area (Å²) in [5, 5.41) is 0. The molecule has 126 valence electrons. The molecule has 0 aliphatic rings. The molecule has 1 amide bonds. The molecule has 0 spiro atoms. The second-order valence-electron chi connectivity index (χ2n) is 5.38. The molecule has 1 aromatic carbocycles. The fourth-order valence-corrected chi connectivity index (χ4v) is 2.27. The lowest BCUT2D eigenvalue weighted by atomic mass is 10.1. The Morgan fingerprint density at radius 2 is 1.70 bits per heavy atom. The highest BCUT2D eigenvalue weighted by Crippen LogP contribution is 2.23. The smallest absolute Gasteiger partial charge is 0.254 e. The van der Waals surface area contributed by atoms with E-state index in [4.69, 9.17) is 16.9 Å². The molecular formula is C18H23F2NO2. The number of nitrogens with two attached hydrogens (primary N) is 1. The van der Waals surface area contributed by atoms with Crippen molar-refractivity contribution in [1.29, 1.82) is 0 Å². The Bertz CT molecular complexity index is 553. The molecular weight excluding hydrogens is 300 g/mol. The van der Waals surface area contributed by atoms with Crippen LogP contribution >= 0.6 is 0 Å². The SMILES string of the molecule is C#CCCCCCCCCCOc1ccc(F)c(C(N)=O)c1F. The number of carbonyl (C=O) groups is 1. The second-order valence-corrected chi connectivity index (χ2v) is 5.38. The van der Waals surface area contributed by atoms with Gasteiger partial charge in [0.05, 0.1) is 6.61 Å². The van der Waals surface area contributed by atoms with E-state index in [1.807, 2.05) is 0 Å². The van der Waals surface area contributed by atoms with Gasteiger partial charge in [0.1, 0.15) is 11.4 Å². The summed E-state index contributed by atoms with van der Waals surface area (Å²) in [6.07, 6.45) is 13.4. The Morgan fingerprint density at radius 1 is 1.09 bits per heavy atom. The van der Waals surface area contributed by atoms with Crippen molar-refractivity contribution in [2.24, 2.45) is 5.73 Å². The van der Waals surface area contributed by atoms with Gasteiger partial charge < -0.3 is 10.5 Å². The number of terminal acetylenes is 1. The summed E-state index contributed by atoms with van der Waals surface area (Å²) < 4.78 is 32.5. The van der Waals surface area contributed by atoms with Crippen LogP contribution in [-0.2, 0) is 0 Å². The van der Waals surface area contributed by atoms with E-state index >= 15 is 0 Å². The predicted octanol–water partition coefficient (Wildman–Crippen LogP) is 4.20. The van der Waals surface area contributed by atoms with Gasteiger partial charge in [-0.15, -0.1) is 12.3 Å². The van der Waals surface area contributed by atoms with Crippen LogP contribution in [0.3, 0.4) is 0 Å². The zero-order valence-corrected chi connectivity index (χ0v) is 13.2. The number of benzene rings is 1. The molecule has 1 rings (SSSR count). The molecule has 1 aromatic rings. The van der Waals surface area contributed by atoms with Crippen LogP contribution in [0.15, 0.2) is 12.1 Å². The minimum absolute atomic E-state index is 0.144. The van der Waals surface area contributed by atoms with Crippen LogP contribution in [0.4, 0.5) is 8.78 Å². The summed E-state index contributed by atoms with van der Waals surface area (Å²) in [4.78, 5) is 11.0. The Morgan fingerprint density at radius 3 is 2.30 bits per heavy atom. The largest absolute Gasteiger partial charge is 0.490 e. The molecule has 3 nitrogen and oxygen atoms in total. The van der Waals surface area contributed by atoms with E-state index in [1.54, 1.807) is 0 Å². The highest BCUT2D eigenvalue weighted by Gasteiger charge is 2.18. The predicted molar refractivity (Wildman–Crippen MR) is 86.1 cm³/mol. The van der Waals surface area contributed by atoms with Crippen molar-refractivity contribution in [3.63, 3.8) is 0 Å². The van der Waals surface area contributed by atoms with Crippen molar-refractivity contribution in [2.45, 2.75) is 51.4 Å². The molecule has 23 heavy (non-hydrogen) atoms. The maximum Gasteiger partial charge on any atom is 0.254 e. The zero-order valence-electron chi connectivity index (χ0n) is 13.2. The van der Waals surface area contributed by atoms with Crippen molar-refractivity contribution in [2.75, 3.05) is 6.61 Å². The van der Waals surface area contributed by atoms with E-state index in [2.05, 4.69) is 5.92 Å². The molecule has 0 heterocycles. The topological polar surface area (TPSA) is 52.3 Å². The number of unbranched alkanes of at least 4 members (excludes halogenated alkanes) is 7. The molecule has 0 radical (unpaired) electrons. The number of carbonyl (C=O) groups excluding carboxylic acids is 1. The Hall–Kier alpha value is -2.09. The van der Waals surface area contributed by atoms with Crippen LogP contribution in [-0.4, -0.2) is 12.5 Å². The summed E-state index contributed by atoms with van der Waals surface area (Å²) in [5.41, 5.74) is 4.20. The number of amides is 1. The molecule has 2 N–H and O–H groups in total. The van der Waals surface area contributed by atoms with Crippen LogP contribution < -0.4 is 10.5 Å². The van der Waals surface area contributed by atoms with Crippen LogP contribution in [0.5, 0.6) is 5.75 Å². The van der Waals surface area contributed by atoms with Gasteiger partial charge in [0.2, 0.25) is 0 Å². The van der Waals surface area contributed by atoms with Crippen LogP contribution in [0.2, 0.25) is 0 Å². The van der Waals surface area contributed by atoms with E-state index in [0.29, 0.717) is 6.61 Å². The fourth-order valence-electron chi connectivity index (χ4n) is 2.27. The minimum atomic E-state index is -1.14. The van der Waals surface area contributed by atoms with Gasteiger partial charge in [0.25, 0.3) is 5.91 Å². The third-order valence-electron chi connectivity index (χ3n) is 3.53. The first-order valence-electron chi connectivity index (χ1n) is 7.92. The van der Waals surface area contributed by atoms with Gasteiger partial charge in [-0.1, -0.05) is 32.1 Å². The average Bonchev–Trinajstić information content (AvgIpc) is 2.51. The number of rotatable bonds is 11. The summed E-state index contributed by atoms with van der Waals surface area (Å²) in [6.45, 7) is 0.317. The van der Waals surface area contributed by atoms with Crippen molar-refractivity contribution in [3.05, 3.63) is 29.3 Å². The number of hydrogen-bond donors (Lipinski definition) is 1. The van der Waals surface area contributed by atoms with Gasteiger partial charge >= 0.3 is 0 Å². The van der Waals surface area contributed by atoms with Crippen molar-refractivity contribution in [3.8, 4) is 18.1 Å². The molecule has 0 aromatic heterocycles. The molecule has 0 saturated heterocycles. The third kappa shape index (κ3) is 6.68. The van der Waals surface area contributed by atoms with Crippen LogP contribution in [0.25, 0.3) is 0 Å². The lowest BCUT2D eigenvalue weighted by Gasteiger charge is -2.09. The summed E-state index contributed by atoms with van der Waals surface area (Å²) >= 11 is 0. The normalized spacial score (nSPS) is 10.3. The number of hydrogen-bond acceptors (Lipinski definition) is 2. The van der Waals surface area contributed by atoms with E-state index in [-0.39, 0.29) is 5.75 Å². The van der Waals surface area contributed by atoms with Crippen LogP contribution in [0, 0.1) is 24.0 Å². The molecule has 0 aliphatic carbocycles. The summed E-state index contributed by atoms with van der Waals surface area (Å²) in [6, 6.07) is 2.15. The van der Waals surface area contributed by atoms with Crippen LogP contribution in [0.1, 0.15) is 61.7 Å². The number of primary amides is 1. The van der Waals surface area contributed by atoms with Gasteiger partial charge in [-0.05, 0) is 25.0 Å². The van der Waals surface area contributed by atoms with E-state index in [1.165, 1.54) is 6.07 Å². The Balaban J connectivity index is 2.23. The second kappa shape index (κ2) is 10.6. The maximum absolute atomic E-state index is 13.9. The van der Waals surface area contributed by atoms with Crippen molar-refractivity contribution in [1.82, 2.24) is 0 Å². The van der Waals surface area contributed by atoms with E-state index in [0.717, 1.165) is 57.4 Å². The quantitative estimate of drug-likeness (QED) is 0.490. The first kappa shape index (κ1) is 19.0. The zero-order chi connectivity index (χ0) is 17.1. The molecule has 0 saturated carbocycles. The lowest BCUT2D eigenvalue weighted by Crippen LogP contribution is -2.16. The maximum atomic E-state index is 13.9. The first-order chi connectivity index (χ1) is 11.1. The highest BCUT2D eigenvalue weighted by atomic mass is 19.1. The average molecular weight is 323 g/mol. The molecule has 0 aliphatic heterocycles. The molecule has 0 fully saturated rings. The Labute approximate surface area is 136 Å². The summed E-state index contributed by atoms with van der Waals surface area (Å²) in [7, 11) is 0. The third-order valence-corrected chi connectivity index (χ3v) is 3.53. The number of halogens is 2. The standard InChI is InChI=1S/C18H23F2NO2/c1-2-3-4-5-6-7-8-9-10-13-23-15-12-11-14(19)16(17(15)20)18(21)22/h1,11-12H,3-10,13H2,(H2,21,22). The van der Waals surface area contributed by atoms with Gasteiger partial charge in [-0.3, -0.25) is 4.79 Å². The highest BCUT2D eigenvalue weighted by molar-refractivity contribution is 5.93. The van der Waals surface area contributed by atoms with Gasteiger partial charge in [-0.25, -0.2) is 8.78 Å². The lowest BCUT2D eigenvalue weighted by molar-refractivity contribution is 0.0991. The van der Waals surface area contributed by atoms with Crippen molar-refractivity contribution < 1.29 is 18.3 Å². The molecule has 5 heteroatoms. The summed E-state index contributed by atoms with van der Waals surface area (Å²) in [5.74, 6) is -0.681. The molecule has 0 bridgehead atoms. The molecule has 0 unspecified atom stereocenters. The van der Waals surface area contributed by atoms with Crippen molar-refractivity contribution >= 4 is 5.91 Å². The first-order valence-corrected chi connectivity index (χ1v) is 7.92. The van der Waals surface area contributed by atoms with Gasteiger partial charge in [0, 0.05) is 6.42 Å². The minimum Gasteiger partial charge on any atom is -0.490 e. The fraction of sp³-hybridized carbons (Fsp3) is 0.500. The van der Waals surface area contributed by atoms with Gasteiger partial charge in [-0.2, -0.15) is 0 Å². The number of ether oxygens (including phenoxy) is 1.